The van der Waals surface area contributed by atoms with Gasteiger partial charge in [0, 0.05) is 19.6 Å². The molecule has 0 bridgehead atoms. The monoisotopic (exact) mass is 464 g/mol. The number of hydrogen-bond acceptors (Lipinski definition) is 0. The van der Waals surface area contributed by atoms with Crippen molar-refractivity contribution in [1.29, 1.82) is 0 Å². The van der Waals surface area contributed by atoms with Gasteiger partial charge in [0.2, 0.25) is 0 Å². The van der Waals surface area contributed by atoms with Gasteiger partial charge in [-0.2, -0.15) is 26.3 Å². The average Bonchev–Trinajstić information content (AvgIpc) is 2.65. The van der Waals surface area contributed by atoms with Gasteiger partial charge in [-0.15, -0.1) is 0 Å². The fourth-order valence-corrected chi connectivity index (χ4v) is 5.93. The van der Waals surface area contributed by atoms with Gasteiger partial charge in [-0.05, 0) is 24.6 Å². The van der Waals surface area contributed by atoms with Gasteiger partial charge < -0.3 is 0 Å². The molecular formula is C21H29F8P. The van der Waals surface area contributed by atoms with Crippen molar-refractivity contribution in [2.75, 3.05) is 6.16 Å². The third-order valence-electron chi connectivity index (χ3n) is 5.02. The molecule has 0 amide bonds. The Morgan fingerprint density at radius 2 is 1.53 bits per heavy atom. The predicted molar refractivity (Wildman–Crippen MR) is 105 cm³/mol. The summed E-state index contributed by atoms with van der Waals surface area (Å²) in [4.78, 5) is 0. The summed E-state index contributed by atoms with van der Waals surface area (Å²) in [6.07, 6.45) is -0.0196. The molecule has 9 heteroatoms. The van der Waals surface area contributed by atoms with E-state index in [4.69, 9.17) is 0 Å². The fraction of sp³-hybridized carbons (Fsp3) is 0.714. The van der Waals surface area contributed by atoms with Gasteiger partial charge in [-0.1, -0.05) is 65.0 Å². The van der Waals surface area contributed by atoms with Crippen molar-refractivity contribution < 1.29 is 35.1 Å². The molecule has 0 saturated carbocycles. The lowest BCUT2D eigenvalue weighted by Gasteiger charge is -2.38. The molecule has 0 aliphatic carbocycles. The van der Waals surface area contributed by atoms with Crippen LogP contribution in [0.4, 0.5) is 35.1 Å². The van der Waals surface area contributed by atoms with Gasteiger partial charge in [0.15, 0.2) is 11.6 Å². The fourth-order valence-electron chi connectivity index (χ4n) is 3.28. The average molecular weight is 464 g/mol. The molecule has 0 saturated heterocycles. The first-order valence-corrected chi connectivity index (χ1v) is 11.7. The van der Waals surface area contributed by atoms with E-state index >= 15 is 8.78 Å². The van der Waals surface area contributed by atoms with Crippen LogP contribution in [-0.4, -0.2) is 23.7 Å². The molecule has 1 rings (SSSR count). The second kappa shape index (κ2) is 11.1. The lowest BCUT2D eigenvalue weighted by atomic mass is 10.0. The molecule has 1 aromatic rings. The molecule has 2 atom stereocenters. The lowest BCUT2D eigenvalue weighted by Crippen LogP contribution is -2.54. The van der Waals surface area contributed by atoms with Gasteiger partial charge in [0.1, 0.15) is 0 Å². The van der Waals surface area contributed by atoms with E-state index < -0.39 is 60.9 Å². The summed E-state index contributed by atoms with van der Waals surface area (Å²) < 4.78 is 116. The van der Waals surface area contributed by atoms with E-state index in [1.807, 2.05) is 0 Å². The molecule has 0 aliphatic heterocycles. The normalized spacial score (nSPS) is 15.3. The van der Waals surface area contributed by atoms with Crippen LogP contribution in [0.1, 0.15) is 65.7 Å². The Morgan fingerprint density at radius 1 is 0.900 bits per heavy atom. The zero-order valence-electron chi connectivity index (χ0n) is 17.4. The molecule has 2 unspecified atom stereocenters. The largest absolute Gasteiger partial charge is 0.376 e. The highest BCUT2D eigenvalue weighted by Crippen LogP contribution is 2.64. The summed E-state index contributed by atoms with van der Waals surface area (Å²) in [6, 6.07) is 2.37. The summed E-state index contributed by atoms with van der Waals surface area (Å²) in [6.45, 7) is 5.05. The van der Waals surface area contributed by atoms with Crippen LogP contribution in [0.2, 0.25) is 0 Å². The van der Waals surface area contributed by atoms with E-state index in [1.165, 1.54) is 6.92 Å². The van der Waals surface area contributed by atoms with Crippen LogP contribution >= 0.6 is 7.92 Å². The van der Waals surface area contributed by atoms with Crippen molar-refractivity contribution in [1.82, 2.24) is 0 Å². The maximum Gasteiger partial charge on any atom is 0.376 e. The van der Waals surface area contributed by atoms with Gasteiger partial charge in [-0.3, -0.25) is 0 Å². The third kappa shape index (κ3) is 6.08. The molecule has 0 aromatic heterocycles. The zero-order valence-corrected chi connectivity index (χ0v) is 18.3. The summed E-state index contributed by atoms with van der Waals surface area (Å²) in [5, 5.41) is -0.945. The first kappa shape index (κ1) is 27.1. The summed E-state index contributed by atoms with van der Waals surface area (Å²) >= 11 is 0. The van der Waals surface area contributed by atoms with Gasteiger partial charge in [0.05, 0.1) is 0 Å². The Hall–Kier alpha value is -0.910. The third-order valence-corrected chi connectivity index (χ3v) is 7.89. The van der Waals surface area contributed by atoms with Crippen LogP contribution < -0.4 is 5.30 Å². The molecule has 1 aromatic carbocycles. The highest BCUT2D eigenvalue weighted by molar-refractivity contribution is 7.66. The minimum atomic E-state index is -5.69. The number of hydrogen-bond donors (Lipinski definition) is 0. The van der Waals surface area contributed by atoms with Crippen molar-refractivity contribution in [3.05, 3.63) is 29.8 Å². The van der Waals surface area contributed by atoms with Crippen LogP contribution in [0.3, 0.4) is 0 Å². The Balaban J connectivity index is 3.35. The molecule has 0 N–H and O–H groups in total. The summed E-state index contributed by atoms with van der Waals surface area (Å²) in [7, 11) is -3.44. The first-order chi connectivity index (χ1) is 13.8. The Bertz CT molecular complexity index is 662. The van der Waals surface area contributed by atoms with E-state index in [0.717, 1.165) is 12.1 Å². The first-order valence-electron chi connectivity index (χ1n) is 10.2. The minimum absolute atomic E-state index is 0.217. The molecule has 0 heterocycles. The van der Waals surface area contributed by atoms with Gasteiger partial charge in [0.25, 0.3) is 0 Å². The molecule has 0 radical (unpaired) electrons. The maximum atomic E-state index is 15.0. The van der Waals surface area contributed by atoms with Crippen molar-refractivity contribution in [3.63, 3.8) is 0 Å². The van der Waals surface area contributed by atoms with Crippen LogP contribution in [-0.2, 0) is 0 Å². The molecular weight excluding hydrogens is 435 g/mol. The Kier molecular flexibility index (Phi) is 10.0. The second-order valence-electron chi connectivity index (χ2n) is 7.71. The van der Waals surface area contributed by atoms with Crippen LogP contribution in [0.5, 0.6) is 0 Å². The van der Waals surface area contributed by atoms with Gasteiger partial charge >= 0.3 is 17.5 Å². The second-order valence-corrected chi connectivity index (χ2v) is 9.97. The van der Waals surface area contributed by atoms with Gasteiger partial charge in [-0.25, -0.2) is 8.78 Å². The Morgan fingerprint density at radius 3 is 2.10 bits per heavy atom. The zero-order chi connectivity index (χ0) is 23.2. The molecule has 0 spiro atoms. The Labute approximate surface area is 174 Å². The number of unbranched alkanes of at least 4 members (excludes halogenated alkanes) is 3. The van der Waals surface area contributed by atoms with Crippen molar-refractivity contribution in [2.45, 2.75) is 83.2 Å². The van der Waals surface area contributed by atoms with E-state index in [1.54, 1.807) is 13.8 Å². The van der Waals surface area contributed by atoms with E-state index in [2.05, 4.69) is 0 Å². The summed E-state index contributed by atoms with van der Waals surface area (Å²) in [5.74, 6) is -14.4. The molecule has 174 valence electrons. The SMILES string of the molecule is CCCCCCC(F)(F)C(F)(F)C(F)(F)P(CC(C)CCC)c1cccc(F)c1F. The standard InChI is InChI=1S/C21H29F8P/c1-4-6-7-8-13-19(24,25)20(26,27)21(28,29)30(14-15(3)10-5-2)17-12-9-11-16(22)18(17)23/h9,11-12,15H,4-8,10,13-14H2,1-3H3. The topological polar surface area (TPSA) is 0 Å². The van der Waals surface area contributed by atoms with Crippen molar-refractivity contribution in [2.24, 2.45) is 5.92 Å². The number of halogens is 8. The molecule has 30 heavy (non-hydrogen) atoms. The predicted octanol–water partition coefficient (Wildman–Crippen LogP) is 8.34. The smallest absolute Gasteiger partial charge is 0.204 e. The maximum absolute atomic E-state index is 15.0. The number of rotatable bonds is 13. The van der Waals surface area contributed by atoms with E-state index in [-0.39, 0.29) is 12.8 Å². The highest BCUT2D eigenvalue weighted by atomic mass is 31.1. The number of benzene rings is 1. The molecule has 0 aliphatic rings. The molecule has 0 nitrogen and oxygen atoms in total. The number of alkyl halides is 6. The quantitative estimate of drug-likeness (QED) is 0.156. The van der Waals surface area contributed by atoms with E-state index in [9.17, 15) is 26.3 Å². The van der Waals surface area contributed by atoms with Crippen molar-refractivity contribution in [3.8, 4) is 0 Å². The van der Waals surface area contributed by atoms with Crippen LogP contribution in [0.25, 0.3) is 0 Å². The van der Waals surface area contributed by atoms with Crippen LogP contribution in [0, 0.1) is 17.6 Å². The van der Waals surface area contributed by atoms with Crippen LogP contribution in [0.15, 0.2) is 18.2 Å². The lowest BCUT2D eigenvalue weighted by molar-refractivity contribution is -0.280. The highest BCUT2D eigenvalue weighted by Gasteiger charge is 2.73. The molecule has 0 fully saturated rings. The van der Waals surface area contributed by atoms with Crippen molar-refractivity contribution >= 4 is 13.2 Å². The van der Waals surface area contributed by atoms with E-state index in [0.29, 0.717) is 31.7 Å². The summed E-state index contributed by atoms with van der Waals surface area (Å²) in [5.41, 5.74) is -5.22. The minimum Gasteiger partial charge on any atom is -0.204 e.